The van der Waals surface area contributed by atoms with Gasteiger partial charge in [0.1, 0.15) is 5.75 Å². The van der Waals surface area contributed by atoms with Gasteiger partial charge in [0.05, 0.1) is 10.6 Å². The molecule has 1 aromatic carbocycles. The van der Waals surface area contributed by atoms with Crippen molar-refractivity contribution in [2.45, 2.75) is 25.9 Å². The van der Waals surface area contributed by atoms with E-state index in [9.17, 15) is 10.2 Å². The smallest absolute Gasteiger partial charge is 0.135 e. The first kappa shape index (κ1) is 13.5. The average molecular weight is 288 g/mol. The third-order valence-electron chi connectivity index (χ3n) is 2.54. The molecule has 16 heavy (non-hydrogen) atoms. The van der Waals surface area contributed by atoms with Gasteiger partial charge in [-0.2, -0.15) is 0 Å². The van der Waals surface area contributed by atoms with Gasteiger partial charge < -0.3 is 15.5 Å². The van der Waals surface area contributed by atoms with Gasteiger partial charge in [0.2, 0.25) is 0 Å². The highest BCUT2D eigenvalue weighted by Gasteiger charge is 2.16. The van der Waals surface area contributed by atoms with Crippen molar-refractivity contribution >= 4 is 15.9 Å². The van der Waals surface area contributed by atoms with Crippen molar-refractivity contribution in [2.75, 3.05) is 13.6 Å². The Morgan fingerprint density at radius 1 is 1.38 bits per heavy atom. The molecule has 1 aromatic rings. The minimum atomic E-state index is -0.694. The number of hydrogen-bond acceptors (Lipinski definition) is 3. The Kier molecular flexibility index (Phi) is 4.77. The lowest BCUT2D eigenvalue weighted by Gasteiger charge is -2.16. The summed E-state index contributed by atoms with van der Waals surface area (Å²) in [5, 5.41) is 22.6. The predicted molar refractivity (Wildman–Crippen MR) is 68.8 cm³/mol. The number of rotatable bonds is 4. The Morgan fingerprint density at radius 3 is 2.50 bits per heavy atom. The minimum absolute atomic E-state index is 0.118. The van der Waals surface area contributed by atoms with Crippen LogP contribution in [0.5, 0.6) is 5.75 Å². The van der Waals surface area contributed by atoms with Crippen LogP contribution in [0.15, 0.2) is 16.6 Å². The number of phenols is 1. The van der Waals surface area contributed by atoms with E-state index in [2.05, 4.69) is 35.1 Å². The molecular formula is C12H18BrNO2. The van der Waals surface area contributed by atoms with Crippen LogP contribution in [0.3, 0.4) is 0 Å². The van der Waals surface area contributed by atoms with E-state index in [4.69, 9.17) is 0 Å². The Morgan fingerprint density at radius 2 is 2.00 bits per heavy atom. The van der Waals surface area contributed by atoms with Crippen molar-refractivity contribution in [3.8, 4) is 5.75 Å². The molecule has 0 spiro atoms. The van der Waals surface area contributed by atoms with E-state index < -0.39 is 6.10 Å². The third kappa shape index (κ3) is 2.97. The normalized spacial score (nSPS) is 13.1. The van der Waals surface area contributed by atoms with E-state index in [1.807, 2.05) is 12.1 Å². The number of likely N-dealkylation sites (N-methyl/N-ethyl adjacent to an activating group) is 1. The number of aliphatic hydroxyl groups is 1. The van der Waals surface area contributed by atoms with Gasteiger partial charge in [0.15, 0.2) is 0 Å². The molecular weight excluding hydrogens is 270 g/mol. The first-order valence-corrected chi connectivity index (χ1v) is 6.11. The standard InChI is InChI=1S/C12H18BrNO2/c1-7(2)8-4-9(11(15)6-14-3)12(16)10(13)5-8/h4-5,7,11,14-16H,6H2,1-3H3. The Hall–Kier alpha value is -0.580. The SMILES string of the molecule is CNCC(O)c1cc(C(C)C)cc(Br)c1O. The molecule has 0 fully saturated rings. The number of aromatic hydroxyl groups is 1. The van der Waals surface area contributed by atoms with Gasteiger partial charge in [-0.25, -0.2) is 0 Å². The van der Waals surface area contributed by atoms with Crippen molar-refractivity contribution in [1.82, 2.24) is 5.32 Å². The number of nitrogens with one attached hydrogen (secondary N) is 1. The van der Waals surface area contributed by atoms with Crippen molar-refractivity contribution < 1.29 is 10.2 Å². The summed E-state index contributed by atoms with van der Waals surface area (Å²) in [6, 6.07) is 3.74. The number of hydrogen-bond donors (Lipinski definition) is 3. The lowest BCUT2D eigenvalue weighted by molar-refractivity contribution is 0.173. The molecule has 4 heteroatoms. The van der Waals surface area contributed by atoms with E-state index in [-0.39, 0.29) is 5.75 Å². The number of benzene rings is 1. The highest BCUT2D eigenvalue weighted by molar-refractivity contribution is 9.10. The first-order chi connectivity index (χ1) is 7.47. The molecule has 90 valence electrons. The Labute approximate surface area is 105 Å². The summed E-state index contributed by atoms with van der Waals surface area (Å²) in [6.45, 7) is 4.57. The average Bonchev–Trinajstić information content (AvgIpc) is 2.21. The second-order valence-electron chi connectivity index (χ2n) is 4.17. The molecule has 0 aromatic heterocycles. The second kappa shape index (κ2) is 5.66. The van der Waals surface area contributed by atoms with Crippen LogP contribution in [-0.2, 0) is 0 Å². The third-order valence-corrected chi connectivity index (χ3v) is 3.14. The zero-order valence-electron chi connectivity index (χ0n) is 9.79. The number of aliphatic hydroxyl groups excluding tert-OH is 1. The minimum Gasteiger partial charge on any atom is -0.506 e. The fourth-order valence-corrected chi connectivity index (χ4v) is 2.03. The Bertz CT molecular complexity index is 366. The number of halogens is 1. The van der Waals surface area contributed by atoms with E-state index in [1.54, 1.807) is 7.05 Å². The molecule has 1 rings (SSSR count). The second-order valence-corrected chi connectivity index (χ2v) is 5.02. The predicted octanol–water partition coefficient (Wildman–Crippen LogP) is 2.53. The van der Waals surface area contributed by atoms with Crippen LogP contribution in [0.1, 0.15) is 37.0 Å². The van der Waals surface area contributed by atoms with Crippen LogP contribution in [0.4, 0.5) is 0 Å². The lowest BCUT2D eigenvalue weighted by atomic mass is 9.98. The van der Waals surface area contributed by atoms with Crippen LogP contribution < -0.4 is 5.32 Å². The molecule has 0 amide bonds. The fraction of sp³-hybridized carbons (Fsp3) is 0.500. The summed E-state index contributed by atoms with van der Waals surface area (Å²) in [6.07, 6.45) is -0.694. The van der Waals surface area contributed by atoms with Crippen LogP contribution in [0.25, 0.3) is 0 Å². The molecule has 1 atom stereocenters. The molecule has 0 saturated heterocycles. The van der Waals surface area contributed by atoms with Crippen molar-refractivity contribution in [3.05, 3.63) is 27.7 Å². The van der Waals surface area contributed by atoms with Gasteiger partial charge in [-0.05, 0) is 46.6 Å². The molecule has 1 unspecified atom stereocenters. The van der Waals surface area contributed by atoms with E-state index in [0.717, 1.165) is 5.56 Å². The molecule has 3 N–H and O–H groups in total. The van der Waals surface area contributed by atoms with Crippen LogP contribution in [-0.4, -0.2) is 23.8 Å². The van der Waals surface area contributed by atoms with Gasteiger partial charge >= 0.3 is 0 Å². The van der Waals surface area contributed by atoms with Gasteiger partial charge in [0, 0.05) is 12.1 Å². The molecule has 0 aliphatic heterocycles. The van der Waals surface area contributed by atoms with E-state index >= 15 is 0 Å². The largest absolute Gasteiger partial charge is 0.506 e. The molecule has 3 nitrogen and oxygen atoms in total. The van der Waals surface area contributed by atoms with Gasteiger partial charge in [-0.3, -0.25) is 0 Å². The van der Waals surface area contributed by atoms with Crippen molar-refractivity contribution in [1.29, 1.82) is 0 Å². The van der Waals surface area contributed by atoms with Crippen molar-refractivity contribution in [2.24, 2.45) is 0 Å². The molecule has 0 bridgehead atoms. The maximum absolute atomic E-state index is 9.89. The fourth-order valence-electron chi connectivity index (χ4n) is 1.53. The monoisotopic (exact) mass is 287 g/mol. The van der Waals surface area contributed by atoms with Gasteiger partial charge in [0.25, 0.3) is 0 Å². The zero-order chi connectivity index (χ0) is 12.3. The van der Waals surface area contributed by atoms with Crippen LogP contribution >= 0.6 is 15.9 Å². The van der Waals surface area contributed by atoms with E-state index in [1.165, 1.54) is 0 Å². The Balaban J connectivity index is 3.16. The molecule has 0 saturated carbocycles. The summed E-state index contributed by atoms with van der Waals surface area (Å²) in [7, 11) is 1.77. The number of phenolic OH excluding ortho intramolecular Hbond substituents is 1. The summed E-state index contributed by atoms with van der Waals surface area (Å²) < 4.78 is 0.629. The summed E-state index contributed by atoms with van der Waals surface area (Å²) >= 11 is 3.30. The van der Waals surface area contributed by atoms with Crippen molar-refractivity contribution in [3.63, 3.8) is 0 Å². The molecule has 0 heterocycles. The summed E-state index contributed by atoms with van der Waals surface area (Å²) in [5.41, 5.74) is 1.65. The van der Waals surface area contributed by atoms with Crippen LogP contribution in [0, 0.1) is 0 Å². The first-order valence-electron chi connectivity index (χ1n) is 5.32. The molecule has 0 radical (unpaired) electrons. The topological polar surface area (TPSA) is 52.5 Å². The molecule has 0 aliphatic carbocycles. The van der Waals surface area contributed by atoms with Gasteiger partial charge in [-0.15, -0.1) is 0 Å². The lowest BCUT2D eigenvalue weighted by Crippen LogP contribution is -2.17. The summed E-state index contributed by atoms with van der Waals surface area (Å²) in [4.78, 5) is 0. The van der Waals surface area contributed by atoms with Gasteiger partial charge in [-0.1, -0.05) is 13.8 Å². The van der Waals surface area contributed by atoms with E-state index in [0.29, 0.717) is 22.5 Å². The quantitative estimate of drug-likeness (QED) is 0.798. The highest BCUT2D eigenvalue weighted by atomic mass is 79.9. The zero-order valence-corrected chi connectivity index (χ0v) is 11.4. The molecule has 0 aliphatic rings. The summed E-state index contributed by atoms with van der Waals surface area (Å²) in [5.74, 6) is 0.476. The van der Waals surface area contributed by atoms with Crippen LogP contribution in [0.2, 0.25) is 0 Å². The highest BCUT2D eigenvalue weighted by Crippen LogP contribution is 2.35. The maximum atomic E-state index is 9.89. The maximum Gasteiger partial charge on any atom is 0.135 e.